The number of carbonyl (C=O) groups is 1. The molecule has 3 rings (SSSR count). The Morgan fingerprint density at radius 3 is 2.33 bits per heavy atom. The summed E-state index contributed by atoms with van der Waals surface area (Å²) in [6.45, 7) is 3.63. The Balaban J connectivity index is 1.73. The molecule has 1 aliphatic heterocycles. The summed E-state index contributed by atoms with van der Waals surface area (Å²) >= 11 is 0. The molecular weight excluding hydrogens is 328 g/mol. The molecule has 0 aromatic heterocycles. The van der Waals surface area contributed by atoms with E-state index < -0.39 is 10.0 Å². The lowest BCUT2D eigenvalue weighted by molar-refractivity contribution is 0.0727. The maximum atomic E-state index is 12.6. The van der Waals surface area contributed by atoms with E-state index in [0.29, 0.717) is 37.8 Å². The molecule has 1 atom stereocenters. The zero-order valence-corrected chi connectivity index (χ0v) is 15.0. The summed E-state index contributed by atoms with van der Waals surface area (Å²) < 4.78 is 31.8. The third-order valence-electron chi connectivity index (χ3n) is 4.94. The van der Waals surface area contributed by atoms with Gasteiger partial charge in [0, 0.05) is 31.7 Å². The fourth-order valence-corrected chi connectivity index (χ4v) is 4.40. The van der Waals surface area contributed by atoms with Crippen molar-refractivity contribution >= 4 is 15.9 Å². The molecule has 0 spiro atoms. The minimum Gasteiger partial charge on any atom is -0.379 e. The highest BCUT2D eigenvalue weighted by atomic mass is 32.2. The quantitative estimate of drug-likeness (QED) is 0.807. The van der Waals surface area contributed by atoms with Gasteiger partial charge in [0.25, 0.3) is 5.91 Å². The molecule has 2 aliphatic rings. The van der Waals surface area contributed by atoms with Crippen LogP contribution in [0.5, 0.6) is 0 Å². The Morgan fingerprint density at radius 1 is 1.21 bits per heavy atom. The Morgan fingerprint density at radius 2 is 1.79 bits per heavy atom. The highest BCUT2D eigenvalue weighted by Gasteiger charge is 2.33. The van der Waals surface area contributed by atoms with E-state index in [4.69, 9.17) is 4.74 Å². The SMILES string of the molecule is C[C@@H](C1CC1)N(C)C(=O)c1ccc(S(=O)(=O)N2CCOCC2)cc1. The molecule has 2 fully saturated rings. The minimum absolute atomic E-state index is 0.0651. The van der Waals surface area contributed by atoms with Gasteiger partial charge in [0.1, 0.15) is 0 Å². The molecule has 1 heterocycles. The van der Waals surface area contributed by atoms with Crippen LogP contribution in [0.2, 0.25) is 0 Å². The van der Waals surface area contributed by atoms with Gasteiger partial charge in [-0.2, -0.15) is 4.31 Å². The topological polar surface area (TPSA) is 66.9 Å². The molecule has 24 heavy (non-hydrogen) atoms. The fourth-order valence-electron chi connectivity index (χ4n) is 2.99. The van der Waals surface area contributed by atoms with Crippen LogP contribution in [0, 0.1) is 5.92 Å². The van der Waals surface area contributed by atoms with Gasteiger partial charge in [-0.1, -0.05) is 0 Å². The largest absolute Gasteiger partial charge is 0.379 e. The number of rotatable bonds is 5. The first-order valence-electron chi connectivity index (χ1n) is 8.36. The fraction of sp³-hybridized carbons (Fsp3) is 0.588. The zero-order chi connectivity index (χ0) is 17.3. The van der Waals surface area contributed by atoms with E-state index in [1.54, 1.807) is 17.0 Å². The van der Waals surface area contributed by atoms with Gasteiger partial charge in [-0.25, -0.2) is 8.42 Å². The average Bonchev–Trinajstić information content (AvgIpc) is 3.46. The van der Waals surface area contributed by atoms with E-state index >= 15 is 0 Å². The van der Waals surface area contributed by atoms with Crippen molar-refractivity contribution < 1.29 is 17.9 Å². The van der Waals surface area contributed by atoms with Crippen molar-refractivity contribution in [2.75, 3.05) is 33.4 Å². The number of hydrogen-bond acceptors (Lipinski definition) is 4. The predicted octanol–water partition coefficient (Wildman–Crippen LogP) is 1.58. The number of hydrogen-bond donors (Lipinski definition) is 0. The van der Waals surface area contributed by atoms with E-state index in [1.165, 1.54) is 29.3 Å². The van der Waals surface area contributed by atoms with Gasteiger partial charge in [0.15, 0.2) is 0 Å². The number of morpholine rings is 1. The minimum atomic E-state index is -3.52. The highest BCUT2D eigenvalue weighted by molar-refractivity contribution is 7.89. The first-order chi connectivity index (χ1) is 11.4. The number of amides is 1. The number of sulfonamides is 1. The molecule has 1 saturated heterocycles. The Hall–Kier alpha value is -1.44. The van der Waals surface area contributed by atoms with Gasteiger partial charge in [0.2, 0.25) is 10.0 Å². The summed E-state index contributed by atoms with van der Waals surface area (Å²) in [4.78, 5) is 14.5. The molecule has 1 amide bonds. The number of nitrogens with zero attached hydrogens (tertiary/aromatic N) is 2. The molecule has 1 saturated carbocycles. The summed E-state index contributed by atoms with van der Waals surface area (Å²) in [5.74, 6) is 0.532. The van der Waals surface area contributed by atoms with Gasteiger partial charge < -0.3 is 9.64 Å². The Labute approximate surface area is 143 Å². The molecule has 0 N–H and O–H groups in total. The second-order valence-corrected chi connectivity index (χ2v) is 8.47. The molecule has 0 bridgehead atoms. The lowest BCUT2D eigenvalue weighted by Crippen LogP contribution is -2.40. The molecular formula is C17H24N2O4S. The third kappa shape index (κ3) is 3.48. The van der Waals surface area contributed by atoms with Crippen molar-refractivity contribution in [1.82, 2.24) is 9.21 Å². The summed E-state index contributed by atoms with van der Waals surface area (Å²) in [5.41, 5.74) is 0.519. The Bertz CT molecular complexity index is 692. The van der Waals surface area contributed by atoms with Crippen LogP contribution in [0.15, 0.2) is 29.2 Å². The van der Waals surface area contributed by atoms with Gasteiger partial charge in [-0.3, -0.25) is 4.79 Å². The van der Waals surface area contributed by atoms with Crippen LogP contribution < -0.4 is 0 Å². The highest BCUT2D eigenvalue weighted by Crippen LogP contribution is 2.35. The van der Waals surface area contributed by atoms with Crippen molar-refractivity contribution in [2.45, 2.75) is 30.7 Å². The lowest BCUT2D eigenvalue weighted by Gasteiger charge is -2.26. The van der Waals surface area contributed by atoms with E-state index in [9.17, 15) is 13.2 Å². The van der Waals surface area contributed by atoms with Crippen LogP contribution in [0.1, 0.15) is 30.1 Å². The second-order valence-electron chi connectivity index (χ2n) is 6.53. The van der Waals surface area contributed by atoms with Crippen molar-refractivity contribution in [1.29, 1.82) is 0 Å². The molecule has 7 heteroatoms. The Kier molecular flexibility index (Phi) is 4.94. The summed E-state index contributed by atoms with van der Waals surface area (Å²) in [7, 11) is -1.71. The van der Waals surface area contributed by atoms with Gasteiger partial charge in [-0.15, -0.1) is 0 Å². The molecule has 1 aliphatic carbocycles. The van der Waals surface area contributed by atoms with Gasteiger partial charge in [0.05, 0.1) is 18.1 Å². The van der Waals surface area contributed by atoms with Crippen LogP contribution in [0.3, 0.4) is 0 Å². The number of ether oxygens (including phenoxy) is 1. The van der Waals surface area contributed by atoms with E-state index in [0.717, 1.165) is 0 Å². The van der Waals surface area contributed by atoms with E-state index in [2.05, 4.69) is 6.92 Å². The predicted molar refractivity (Wildman–Crippen MR) is 90.3 cm³/mol. The van der Waals surface area contributed by atoms with E-state index in [-0.39, 0.29) is 16.8 Å². The number of benzene rings is 1. The van der Waals surface area contributed by atoms with Crippen LogP contribution in [0.4, 0.5) is 0 Å². The van der Waals surface area contributed by atoms with E-state index in [1.807, 2.05) is 7.05 Å². The molecule has 1 aromatic carbocycles. The summed E-state index contributed by atoms with van der Waals surface area (Å²) in [5, 5.41) is 0. The summed E-state index contributed by atoms with van der Waals surface area (Å²) in [6, 6.07) is 6.47. The number of carbonyl (C=O) groups excluding carboxylic acids is 1. The lowest BCUT2D eigenvalue weighted by atomic mass is 10.1. The summed E-state index contributed by atoms with van der Waals surface area (Å²) in [6.07, 6.45) is 2.35. The van der Waals surface area contributed by atoms with Crippen molar-refractivity contribution in [2.24, 2.45) is 5.92 Å². The smallest absolute Gasteiger partial charge is 0.253 e. The maximum absolute atomic E-state index is 12.6. The van der Waals surface area contributed by atoms with Crippen LogP contribution in [0.25, 0.3) is 0 Å². The molecule has 132 valence electrons. The molecule has 0 radical (unpaired) electrons. The molecule has 1 aromatic rings. The van der Waals surface area contributed by atoms with Crippen LogP contribution in [-0.4, -0.2) is 62.9 Å². The first-order valence-corrected chi connectivity index (χ1v) is 9.80. The monoisotopic (exact) mass is 352 g/mol. The first kappa shape index (κ1) is 17.4. The molecule has 0 unspecified atom stereocenters. The second kappa shape index (κ2) is 6.82. The van der Waals surface area contributed by atoms with Crippen molar-refractivity contribution in [3.63, 3.8) is 0 Å². The maximum Gasteiger partial charge on any atom is 0.253 e. The standard InChI is InChI=1S/C17H24N2O4S/c1-13(14-3-4-14)18(2)17(20)15-5-7-16(8-6-15)24(21,22)19-9-11-23-12-10-19/h5-8,13-14H,3-4,9-12H2,1-2H3/t13-/m0/s1. The van der Waals surface area contributed by atoms with Crippen molar-refractivity contribution in [3.8, 4) is 0 Å². The molecule has 6 nitrogen and oxygen atoms in total. The van der Waals surface area contributed by atoms with Crippen LogP contribution in [-0.2, 0) is 14.8 Å². The van der Waals surface area contributed by atoms with Gasteiger partial charge in [-0.05, 0) is 49.9 Å². The zero-order valence-electron chi connectivity index (χ0n) is 14.1. The third-order valence-corrected chi connectivity index (χ3v) is 6.86. The van der Waals surface area contributed by atoms with Crippen LogP contribution >= 0.6 is 0 Å². The van der Waals surface area contributed by atoms with Gasteiger partial charge >= 0.3 is 0 Å². The average molecular weight is 352 g/mol. The normalized spacial score (nSPS) is 20.6. The van der Waals surface area contributed by atoms with Crippen molar-refractivity contribution in [3.05, 3.63) is 29.8 Å².